The van der Waals surface area contributed by atoms with E-state index in [4.69, 9.17) is 0 Å². The molecule has 0 bridgehead atoms. The van der Waals surface area contributed by atoms with E-state index in [0.29, 0.717) is 11.3 Å². The zero-order chi connectivity index (χ0) is 20.0. The average Bonchev–Trinajstić information content (AvgIpc) is 2.72. The van der Waals surface area contributed by atoms with Crippen molar-refractivity contribution >= 4 is 17.7 Å². The smallest absolute Gasteiger partial charge is 0.213 e. The van der Waals surface area contributed by atoms with Gasteiger partial charge in [0.1, 0.15) is 5.71 Å². The molecule has 0 N–H and O–H groups in total. The molecule has 0 heterocycles. The van der Waals surface area contributed by atoms with Gasteiger partial charge in [-0.3, -0.25) is 4.79 Å². The summed E-state index contributed by atoms with van der Waals surface area (Å²) in [5.41, 5.74) is 3.98. The highest BCUT2D eigenvalue weighted by molar-refractivity contribution is 6.51. The molecule has 0 saturated carbocycles. The average molecular weight is 368 g/mol. The van der Waals surface area contributed by atoms with Gasteiger partial charge in [-0.2, -0.15) is 5.10 Å². The van der Waals surface area contributed by atoms with Gasteiger partial charge in [0, 0.05) is 11.1 Å². The predicted octanol–water partition coefficient (Wildman–Crippen LogP) is 5.69. The van der Waals surface area contributed by atoms with Gasteiger partial charge in [-0.25, -0.2) is 0 Å². The Morgan fingerprint density at radius 3 is 1.82 bits per heavy atom. The van der Waals surface area contributed by atoms with Crippen LogP contribution in [0.25, 0.3) is 0 Å². The Balaban J connectivity index is 1.89. The fraction of sp³-hybridized carbons (Fsp3) is 0.160. The molecule has 3 aromatic carbocycles. The van der Waals surface area contributed by atoms with Crippen molar-refractivity contribution in [1.82, 2.24) is 0 Å². The Bertz CT molecular complexity index is 980. The zero-order valence-electron chi connectivity index (χ0n) is 16.5. The van der Waals surface area contributed by atoms with Crippen molar-refractivity contribution in [3.63, 3.8) is 0 Å². The summed E-state index contributed by atoms with van der Waals surface area (Å²) in [7, 11) is 0. The molecule has 0 aliphatic rings. The standard InChI is InChI=1S/C25H24N2O/c1-25(2,3)22-16-14-19(15-17-22)18-26-27-23(20-10-6-4-7-11-20)24(28)21-12-8-5-9-13-21/h4-18H,1-3H3. The number of hydrogen-bond donors (Lipinski definition) is 0. The molecule has 0 aliphatic heterocycles. The van der Waals surface area contributed by atoms with Crippen LogP contribution in [-0.2, 0) is 5.41 Å². The van der Waals surface area contributed by atoms with Crippen LogP contribution in [0.15, 0.2) is 95.1 Å². The molecule has 3 aromatic rings. The lowest BCUT2D eigenvalue weighted by atomic mass is 9.87. The van der Waals surface area contributed by atoms with E-state index < -0.39 is 0 Å². The molecule has 140 valence electrons. The minimum Gasteiger partial charge on any atom is -0.287 e. The van der Waals surface area contributed by atoms with Crippen LogP contribution in [0.4, 0.5) is 0 Å². The minimum absolute atomic E-state index is 0.108. The molecule has 3 rings (SSSR count). The van der Waals surface area contributed by atoms with Gasteiger partial charge in [0.15, 0.2) is 0 Å². The summed E-state index contributed by atoms with van der Waals surface area (Å²) in [6.45, 7) is 6.55. The van der Waals surface area contributed by atoms with E-state index in [1.54, 1.807) is 18.3 Å². The number of Topliss-reactive ketones (excluding diaryl/α,β-unsaturated/α-hetero) is 1. The first kappa shape index (κ1) is 19.4. The molecule has 3 nitrogen and oxygen atoms in total. The number of hydrogen-bond acceptors (Lipinski definition) is 3. The third-order valence-electron chi connectivity index (χ3n) is 4.44. The maximum atomic E-state index is 12.9. The monoisotopic (exact) mass is 368 g/mol. The second kappa shape index (κ2) is 8.57. The summed E-state index contributed by atoms with van der Waals surface area (Å²) in [6.07, 6.45) is 1.67. The molecule has 0 fully saturated rings. The molecule has 0 atom stereocenters. The van der Waals surface area contributed by atoms with E-state index in [1.807, 2.05) is 60.7 Å². The SMILES string of the molecule is CC(C)(C)c1ccc(C=NN=C(C(=O)c2ccccc2)c2ccccc2)cc1. The van der Waals surface area contributed by atoms with Crippen LogP contribution in [0.3, 0.4) is 0 Å². The third-order valence-corrected chi connectivity index (χ3v) is 4.44. The molecule has 0 aromatic heterocycles. The molecule has 0 spiro atoms. The Labute approximate surface area is 166 Å². The first-order valence-corrected chi connectivity index (χ1v) is 9.32. The molecule has 28 heavy (non-hydrogen) atoms. The molecule has 3 heteroatoms. The van der Waals surface area contributed by atoms with Gasteiger partial charge >= 0.3 is 0 Å². The van der Waals surface area contributed by atoms with Crippen LogP contribution in [0.1, 0.15) is 47.8 Å². The lowest BCUT2D eigenvalue weighted by Gasteiger charge is -2.18. The Kier molecular flexibility index (Phi) is 5.95. The van der Waals surface area contributed by atoms with Crippen LogP contribution >= 0.6 is 0 Å². The van der Waals surface area contributed by atoms with Crippen LogP contribution < -0.4 is 0 Å². The summed E-state index contributed by atoms with van der Waals surface area (Å²) in [4.78, 5) is 12.9. The van der Waals surface area contributed by atoms with Crippen molar-refractivity contribution in [2.75, 3.05) is 0 Å². The van der Waals surface area contributed by atoms with Gasteiger partial charge in [0.25, 0.3) is 0 Å². The molecule has 0 saturated heterocycles. The number of carbonyl (C=O) groups is 1. The van der Waals surface area contributed by atoms with Gasteiger partial charge in [-0.05, 0) is 16.5 Å². The summed E-state index contributed by atoms with van der Waals surface area (Å²) < 4.78 is 0. The summed E-state index contributed by atoms with van der Waals surface area (Å²) in [5.74, 6) is -0.146. The van der Waals surface area contributed by atoms with E-state index in [-0.39, 0.29) is 11.2 Å². The van der Waals surface area contributed by atoms with Gasteiger partial charge in [0.05, 0.1) is 6.21 Å². The Hall–Kier alpha value is -3.33. The van der Waals surface area contributed by atoms with E-state index in [0.717, 1.165) is 11.1 Å². The van der Waals surface area contributed by atoms with Crippen LogP contribution in [-0.4, -0.2) is 17.7 Å². The molecule has 0 unspecified atom stereocenters. The van der Waals surface area contributed by atoms with E-state index in [9.17, 15) is 4.79 Å². The molecule has 0 aliphatic carbocycles. The first-order chi connectivity index (χ1) is 13.4. The second-order valence-corrected chi connectivity index (χ2v) is 7.63. The fourth-order valence-electron chi connectivity index (χ4n) is 2.78. The van der Waals surface area contributed by atoms with Gasteiger partial charge in [-0.1, -0.05) is 106 Å². The first-order valence-electron chi connectivity index (χ1n) is 9.32. The number of nitrogens with zero attached hydrogens (tertiary/aromatic N) is 2. The zero-order valence-corrected chi connectivity index (χ0v) is 16.5. The summed E-state index contributed by atoms with van der Waals surface area (Å²) >= 11 is 0. The van der Waals surface area contributed by atoms with Gasteiger partial charge in [0.2, 0.25) is 5.78 Å². The van der Waals surface area contributed by atoms with Crippen molar-refractivity contribution in [2.45, 2.75) is 26.2 Å². The number of benzene rings is 3. The highest BCUT2D eigenvalue weighted by Crippen LogP contribution is 2.21. The number of carbonyl (C=O) groups excluding carboxylic acids is 1. The second-order valence-electron chi connectivity index (χ2n) is 7.63. The number of ketones is 1. The number of rotatable bonds is 5. The van der Waals surface area contributed by atoms with Crippen molar-refractivity contribution in [3.8, 4) is 0 Å². The highest BCUT2D eigenvalue weighted by Gasteiger charge is 2.16. The Morgan fingerprint density at radius 1 is 0.750 bits per heavy atom. The van der Waals surface area contributed by atoms with Crippen molar-refractivity contribution < 1.29 is 4.79 Å². The van der Waals surface area contributed by atoms with Crippen LogP contribution in [0, 0.1) is 0 Å². The van der Waals surface area contributed by atoms with Crippen molar-refractivity contribution in [1.29, 1.82) is 0 Å². The van der Waals surface area contributed by atoms with Crippen LogP contribution in [0.5, 0.6) is 0 Å². The third kappa shape index (κ3) is 4.89. The normalized spacial score (nSPS) is 12.3. The van der Waals surface area contributed by atoms with E-state index in [1.165, 1.54) is 5.56 Å². The highest BCUT2D eigenvalue weighted by atomic mass is 16.1. The van der Waals surface area contributed by atoms with Crippen molar-refractivity contribution in [3.05, 3.63) is 107 Å². The van der Waals surface area contributed by atoms with E-state index >= 15 is 0 Å². The van der Waals surface area contributed by atoms with Crippen molar-refractivity contribution in [2.24, 2.45) is 10.2 Å². The molecule has 0 radical (unpaired) electrons. The Morgan fingerprint density at radius 2 is 1.29 bits per heavy atom. The quantitative estimate of drug-likeness (QED) is 0.324. The largest absolute Gasteiger partial charge is 0.287 e. The predicted molar refractivity (Wildman–Crippen MR) is 116 cm³/mol. The summed E-state index contributed by atoms with van der Waals surface area (Å²) in [5, 5.41) is 8.47. The van der Waals surface area contributed by atoms with Gasteiger partial charge in [-0.15, -0.1) is 5.10 Å². The van der Waals surface area contributed by atoms with Crippen LogP contribution in [0.2, 0.25) is 0 Å². The maximum absolute atomic E-state index is 12.9. The fourth-order valence-corrected chi connectivity index (χ4v) is 2.78. The van der Waals surface area contributed by atoms with E-state index in [2.05, 4.69) is 43.1 Å². The maximum Gasteiger partial charge on any atom is 0.213 e. The topological polar surface area (TPSA) is 41.8 Å². The van der Waals surface area contributed by atoms with Gasteiger partial charge < -0.3 is 0 Å². The molecule has 0 amide bonds. The minimum atomic E-state index is -0.146. The summed E-state index contributed by atoms with van der Waals surface area (Å²) in [6, 6.07) is 26.8. The molecular formula is C25H24N2O. The lowest BCUT2D eigenvalue weighted by Crippen LogP contribution is -2.15. The molecular weight excluding hydrogens is 344 g/mol. The lowest BCUT2D eigenvalue weighted by molar-refractivity contribution is 0.106.